The standard InChI is InChI=1S/C14H8O4S/c15-12-8-4-1-2-5-9(8)18-14(17)11(12)13(16)10-6-3-7-19-10/h1-7,15H. The molecule has 1 aromatic carbocycles. The van der Waals surface area contributed by atoms with Crippen LogP contribution in [0.15, 0.2) is 51.0 Å². The van der Waals surface area contributed by atoms with Gasteiger partial charge in [0, 0.05) is 0 Å². The van der Waals surface area contributed by atoms with E-state index >= 15 is 0 Å². The molecule has 3 aromatic rings. The monoisotopic (exact) mass is 272 g/mol. The van der Waals surface area contributed by atoms with Crippen LogP contribution in [0.25, 0.3) is 11.0 Å². The minimum absolute atomic E-state index is 0.257. The number of hydrogen-bond donors (Lipinski definition) is 1. The van der Waals surface area contributed by atoms with E-state index < -0.39 is 11.4 Å². The summed E-state index contributed by atoms with van der Waals surface area (Å²) in [5, 5.41) is 12.2. The Bertz CT molecular complexity index is 815. The lowest BCUT2D eigenvalue weighted by Crippen LogP contribution is -2.14. The van der Waals surface area contributed by atoms with Crippen molar-refractivity contribution in [2.24, 2.45) is 0 Å². The quantitative estimate of drug-likeness (QED) is 0.575. The first-order valence-electron chi connectivity index (χ1n) is 5.51. The second-order valence-corrected chi connectivity index (χ2v) is 4.86. The number of fused-ring (bicyclic) bond motifs is 1. The maximum Gasteiger partial charge on any atom is 0.351 e. The molecular formula is C14H8O4S. The molecule has 19 heavy (non-hydrogen) atoms. The third kappa shape index (κ3) is 1.84. The summed E-state index contributed by atoms with van der Waals surface area (Å²) in [5.74, 6) is -0.850. The number of para-hydroxylation sites is 1. The molecular weight excluding hydrogens is 264 g/mol. The van der Waals surface area contributed by atoms with Crippen LogP contribution in [-0.4, -0.2) is 10.9 Å². The fourth-order valence-corrected chi connectivity index (χ4v) is 2.53. The van der Waals surface area contributed by atoms with Crippen molar-refractivity contribution < 1.29 is 14.3 Å². The molecule has 0 unspecified atom stereocenters. The normalized spacial score (nSPS) is 10.7. The van der Waals surface area contributed by atoms with Crippen LogP contribution >= 0.6 is 11.3 Å². The average Bonchev–Trinajstić information content (AvgIpc) is 2.92. The van der Waals surface area contributed by atoms with Gasteiger partial charge in [0.2, 0.25) is 5.78 Å². The van der Waals surface area contributed by atoms with Crippen LogP contribution in [0.3, 0.4) is 0 Å². The lowest BCUT2D eigenvalue weighted by Gasteiger charge is -2.04. The zero-order chi connectivity index (χ0) is 13.4. The Kier molecular flexibility index (Phi) is 2.68. The van der Waals surface area contributed by atoms with E-state index in [1.165, 1.54) is 11.3 Å². The van der Waals surface area contributed by atoms with E-state index in [-0.39, 0.29) is 16.9 Å². The second-order valence-electron chi connectivity index (χ2n) is 3.92. The predicted octanol–water partition coefficient (Wildman–Crippen LogP) is 2.79. The van der Waals surface area contributed by atoms with Crippen LogP contribution < -0.4 is 5.63 Å². The Morgan fingerprint density at radius 1 is 1.16 bits per heavy atom. The van der Waals surface area contributed by atoms with Gasteiger partial charge in [0.1, 0.15) is 11.3 Å². The molecule has 0 fully saturated rings. The zero-order valence-corrected chi connectivity index (χ0v) is 10.4. The van der Waals surface area contributed by atoms with Crippen molar-refractivity contribution in [2.45, 2.75) is 0 Å². The van der Waals surface area contributed by atoms with E-state index in [0.29, 0.717) is 10.3 Å². The van der Waals surface area contributed by atoms with E-state index in [1.807, 2.05) is 0 Å². The summed E-state index contributed by atoms with van der Waals surface area (Å²) in [6, 6.07) is 9.85. The van der Waals surface area contributed by atoms with Gasteiger partial charge in [-0.15, -0.1) is 11.3 Å². The van der Waals surface area contributed by atoms with Gasteiger partial charge in [-0.25, -0.2) is 4.79 Å². The molecule has 5 heteroatoms. The van der Waals surface area contributed by atoms with Gasteiger partial charge in [-0.2, -0.15) is 0 Å². The van der Waals surface area contributed by atoms with Crippen molar-refractivity contribution in [3.8, 4) is 5.75 Å². The molecule has 0 saturated carbocycles. The Morgan fingerprint density at radius 2 is 1.95 bits per heavy atom. The molecule has 2 heterocycles. The fraction of sp³-hybridized carbons (Fsp3) is 0. The number of aromatic hydroxyl groups is 1. The van der Waals surface area contributed by atoms with Gasteiger partial charge >= 0.3 is 5.63 Å². The van der Waals surface area contributed by atoms with Crippen molar-refractivity contribution in [1.82, 2.24) is 0 Å². The van der Waals surface area contributed by atoms with Crippen molar-refractivity contribution in [2.75, 3.05) is 0 Å². The minimum Gasteiger partial charge on any atom is -0.506 e. The molecule has 3 rings (SSSR count). The minimum atomic E-state index is -0.824. The smallest absolute Gasteiger partial charge is 0.351 e. The third-order valence-corrected chi connectivity index (χ3v) is 3.63. The number of ketones is 1. The van der Waals surface area contributed by atoms with E-state index in [1.54, 1.807) is 41.8 Å². The SMILES string of the molecule is O=C(c1cccs1)c1c(O)c2ccccc2oc1=O. The average molecular weight is 272 g/mol. The summed E-state index contributed by atoms with van der Waals surface area (Å²) < 4.78 is 5.06. The highest BCUT2D eigenvalue weighted by molar-refractivity contribution is 7.12. The number of carbonyl (C=O) groups excluding carboxylic acids is 1. The van der Waals surface area contributed by atoms with Gasteiger partial charge in [0.25, 0.3) is 0 Å². The van der Waals surface area contributed by atoms with Crippen molar-refractivity contribution in [3.63, 3.8) is 0 Å². The van der Waals surface area contributed by atoms with Gasteiger partial charge in [-0.1, -0.05) is 18.2 Å². The molecule has 0 aliphatic carbocycles. The van der Waals surface area contributed by atoms with Crippen LogP contribution in [0.5, 0.6) is 5.75 Å². The number of thiophene rings is 1. The van der Waals surface area contributed by atoms with Gasteiger partial charge in [0.15, 0.2) is 5.56 Å². The fourth-order valence-electron chi connectivity index (χ4n) is 1.86. The summed E-state index contributed by atoms with van der Waals surface area (Å²) in [6.45, 7) is 0. The Balaban J connectivity index is 2.30. The van der Waals surface area contributed by atoms with Crippen molar-refractivity contribution >= 4 is 28.1 Å². The van der Waals surface area contributed by atoms with Crippen LogP contribution in [0.1, 0.15) is 15.2 Å². The maximum absolute atomic E-state index is 12.2. The highest BCUT2D eigenvalue weighted by Gasteiger charge is 2.22. The van der Waals surface area contributed by atoms with E-state index in [9.17, 15) is 14.7 Å². The highest BCUT2D eigenvalue weighted by Crippen LogP contribution is 2.28. The molecule has 4 nitrogen and oxygen atoms in total. The summed E-state index contributed by atoms with van der Waals surface area (Å²) in [7, 11) is 0. The Labute approximate surface area is 111 Å². The molecule has 0 bridgehead atoms. The molecule has 2 aromatic heterocycles. The first-order chi connectivity index (χ1) is 9.18. The van der Waals surface area contributed by atoms with E-state index in [0.717, 1.165) is 0 Å². The van der Waals surface area contributed by atoms with Gasteiger partial charge in [-0.05, 0) is 23.6 Å². The molecule has 94 valence electrons. The van der Waals surface area contributed by atoms with Crippen LogP contribution in [0.2, 0.25) is 0 Å². The largest absolute Gasteiger partial charge is 0.506 e. The van der Waals surface area contributed by atoms with E-state index in [2.05, 4.69) is 0 Å². The van der Waals surface area contributed by atoms with Gasteiger partial charge < -0.3 is 9.52 Å². The van der Waals surface area contributed by atoms with Crippen molar-refractivity contribution in [1.29, 1.82) is 0 Å². The zero-order valence-electron chi connectivity index (χ0n) is 9.62. The molecule has 0 saturated heterocycles. The number of hydrogen-bond acceptors (Lipinski definition) is 5. The molecule has 0 amide bonds. The molecule has 1 N–H and O–H groups in total. The highest BCUT2D eigenvalue weighted by atomic mass is 32.1. The number of benzene rings is 1. The van der Waals surface area contributed by atoms with Crippen LogP contribution in [0, 0.1) is 0 Å². The lowest BCUT2D eigenvalue weighted by atomic mass is 10.1. The van der Waals surface area contributed by atoms with Crippen molar-refractivity contribution in [3.05, 3.63) is 62.6 Å². The molecule has 0 radical (unpaired) electrons. The molecule has 0 aliphatic rings. The predicted molar refractivity (Wildman–Crippen MR) is 71.9 cm³/mol. The van der Waals surface area contributed by atoms with Gasteiger partial charge in [-0.3, -0.25) is 4.79 Å². The van der Waals surface area contributed by atoms with E-state index in [4.69, 9.17) is 4.42 Å². The molecule has 0 spiro atoms. The second kappa shape index (κ2) is 4.37. The summed E-state index contributed by atoms with van der Waals surface area (Å²) in [6.07, 6.45) is 0. The van der Waals surface area contributed by atoms with Gasteiger partial charge in [0.05, 0.1) is 10.3 Å². The first kappa shape index (κ1) is 11.7. The Morgan fingerprint density at radius 3 is 2.68 bits per heavy atom. The summed E-state index contributed by atoms with van der Waals surface area (Å²) in [4.78, 5) is 24.4. The molecule has 0 aliphatic heterocycles. The first-order valence-corrected chi connectivity index (χ1v) is 6.39. The Hall–Kier alpha value is -2.40. The lowest BCUT2D eigenvalue weighted by molar-refractivity contribution is 0.103. The summed E-state index contributed by atoms with van der Waals surface area (Å²) in [5.41, 5.74) is -0.886. The van der Waals surface area contributed by atoms with Crippen LogP contribution in [0.4, 0.5) is 0 Å². The number of rotatable bonds is 2. The number of carbonyl (C=O) groups is 1. The third-order valence-electron chi connectivity index (χ3n) is 2.76. The topological polar surface area (TPSA) is 67.5 Å². The van der Waals surface area contributed by atoms with Crippen LogP contribution in [-0.2, 0) is 0 Å². The maximum atomic E-state index is 12.2. The summed E-state index contributed by atoms with van der Waals surface area (Å²) >= 11 is 1.21. The molecule has 0 atom stereocenters.